The van der Waals surface area contributed by atoms with Crippen molar-refractivity contribution in [2.75, 3.05) is 32.7 Å². The van der Waals surface area contributed by atoms with E-state index in [2.05, 4.69) is 28.9 Å². The second kappa shape index (κ2) is 18.1. The van der Waals surface area contributed by atoms with Crippen LogP contribution >= 0.6 is 34.0 Å². The molecule has 36 heavy (non-hydrogen) atoms. The summed E-state index contributed by atoms with van der Waals surface area (Å²) in [7, 11) is 0. The summed E-state index contributed by atoms with van der Waals surface area (Å²) in [6.45, 7) is 7.93. The van der Waals surface area contributed by atoms with Crippen LogP contribution in [-0.2, 0) is 12.8 Å². The van der Waals surface area contributed by atoms with Crippen molar-refractivity contribution in [1.29, 1.82) is 0 Å². The minimum atomic E-state index is -0.0489. The zero-order valence-corrected chi connectivity index (χ0v) is 25.2. The Bertz CT molecular complexity index is 851. The SMILES string of the molecule is Br.Br.CCCCN(CCCCCCN1CCCC1Cc1ccc(O)cc1)CCc1ccc(O)c(O)c1. The highest BCUT2D eigenvalue weighted by atomic mass is 79.9. The second-order valence-electron chi connectivity index (χ2n) is 9.89. The van der Waals surface area contributed by atoms with E-state index >= 15 is 0 Å². The number of phenolic OH excluding ortho intramolecular Hbond substituents is 3. The lowest BCUT2D eigenvalue weighted by atomic mass is 10.0. The van der Waals surface area contributed by atoms with Crippen molar-refractivity contribution < 1.29 is 15.3 Å². The van der Waals surface area contributed by atoms with Crippen LogP contribution in [0.1, 0.15) is 69.4 Å². The van der Waals surface area contributed by atoms with Crippen LogP contribution in [-0.4, -0.2) is 63.9 Å². The van der Waals surface area contributed by atoms with Crippen molar-refractivity contribution in [2.24, 2.45) is 0 Å². The van der Waals surface area contributed by atoms with Crippen LogP contribution in [0, 0.1) is 0 Å². The number of rotatable bonds is 15. The topological polar surface area (TPSA) is 67.2 Å². The van der Waals surface area contributed by atoms with Crippen molar-refractivity contribution in [2.45, 2.75) is 77.2 Å². The number of likely N-dealkylation sites (tertiary alicyclic amines) is 1. The molecule has 1 unspecified atom stereocenters. The molecule has 2 aromatic rings. The summed E-state index contributed by atoms with van der Waals surface area (Å²) < 4.78 is 0. The van der Waals surface area contributed by atoms with Crippen LogP contribution in [0.4, 0.5) is 0 Å². The summed E-state index contributed by atoms with van der Waals surface area (Å²) in [6, 6.07) is 13.5. The molecule has 0 bridgehead atoms. The minimum absolute atomic E-state index is 0. The molecule has 0 saturated carbocycles. The summed E-state index contributed by atoms with van der Waals surface area (Å²) in [5, 5.41) is 28.7. The molecule has 1 aliphatic heterocycles. The molecule has 0 amide bonds. The van der Waals surface area contributed by atoms with Crippen molar-refractivity contribution in [1.82, 2.24) is 9.80 Å². The summed E-state index contributed by atoms with van der Waals surface area (Å²) in [5.74, 6) is 0.271. The van der Waals surface area contributed by atoms with Crippen molar-refractivity contribution >= 4 is 34.0 Å². The molecule has 0 aromatic heterocycles. The first kappa shape index (κ1) is 32.7. The molecular weight excluding hydrogens is 584 g/mol. The number of hydrogen-bond donors (Lipinski definition) is 3. The van der Waals surface area contributed by atoms with Crippen LogP contribution in [0.3, 0.4) is 0 Å². The first-order valence-electron chi connectivity index (χ1n) is 13.3. The van der Waals surface area contributed by atoms with Gasteiger partial charge in [0.05, 0.1) is 0 Å². The molecule has 1 fully saturated rings. The molecule has 0 aliphatic carbocycles. The van der Waals surface area contributed by atoms with Gasteiger partial charge in [0.15, 0.2) is 11.5 Å². The number of unbranched alkanes of at least 4 members (excludes halogenated alkanes) is 4. The van der Waals surface area contributed by atoms with Crippen molar-refractivity contribution in [3.63, 3.8) is 0 Å². The van der Waals surface area contributed by atoms with Gasteiger partial charge in [-0.2, -0.15) is 0 Å². The molecule has 0 radical (unpaired) electrons. The molecule has 1 atom stereocenters. The van der Waals surface area contributed by atoms with Crippen molar-refractivity contribution in [3.8, 4) is 17.2 Å². The number of hydrogen-bond acceptors (Lipinski definition) is 5. The predicted molar refractivity (Wildman–Crippen MR) is 160 cm³/mol. The Labute approximate surface area is 239 Å². The highest BCUT2D eigenvalue weighted by Gasteiger charge is 2.23. The first-order valence-corrected chi connectivity index (χ1v) is 13.3. The zero-order valence-electron chi connectivity index (χ0n) is 21.8. The van der Waals surface area contributed by atoms with E-state index in [1.54, 1.807) is 24.3 Å². The first-order chi connectivity index (χ1) is 16.5. The van der Waals surface area contributed by atoms with Gasteiger partial charge in [0.2, 0.25) is 0 Å². The number of nitrogens with zero attached hydrogens (tertiary/aromatic N) is 2. The number of phenols is 3. The summed E-state index contributed by atoms with van der Waals surface area (Å²) in [4.78, 5) is 5.23. The van der Waals surface area contributed by atoms with Gasteiger partial charge in [0, 0.05) is 12.6 Å². The number of benzene rings is 2. The Balaban J connectivity index is 0.00000324. The molecule has 5 nitrogen and oxygen atoms in total. The number of halogens is 2. The fourth-order valence-electron chi connectivity index (χ4n) is 5.06. The van der Waals surface area contributed by atoms with Gasteiger partial charge in [-0.15, -0.1) is 34.0 Å². The van der Waals surface area contributed by atoms with Crippen LogP contribution in [0.15, 0.2) is 42.5 Å². The smallest absolute Gasteiger partial charge is 0.157 e. The third kappa shape index (κ3) is 11.4. The van der Waals surface area contributed by atoms with Gasteiger partial charge in [0.1, 0.15) is 5.75 Å². The Kier molecular flexibility index (Phi) is 16.4. The van der Waals surface area contributed by atoms with E-state index in [0.717, 1.165) is 38.0 Å². The largest absolute Gasteiger partial charge is 0.508 e. The molecular formula is C29H46Br2N2O3. The lowest BCUT2D eigenvalue weighted by Crippen LogP contribution is -2.32. The van der Waals surface area contributed by atoms with Gasteiger partial charge < -0.3 is 25.1 Å². The molecule has 1 heterocycles. The molecule has 3 rings (SSSR count). The van der Waals surface area contributed by atoms with E-state index < -0.39 is 0 Å². The summed E-state index contributed by atoms with van der Waals surface area (Å²) in [6.07, 6.45) is 12.1. The maximum Gasteiger partial charge on any atom is 0.157 e. The number of aromatic hydroxyl groups is 3. The van der Waals surface area contributed by atoms with E-state index in [4.69, 9.17) is 0 Å². The van der Waals surface area contributed by atoms with Crippen LogP contribution in [0.2, 0.25) is 0 Å². The maximum absolute atomic E-state index is 9.73. The lowest BCUT2D eigenvalue weighted by molar-refractivity contribution is 0.242. The lowest BCUT2D eigenvalue weighted by Gasteiger charge is -2.25. The fourth-order valence-corrected chi connectivity index (χ4v) is 5.06. The normalized spacial score (nSPS) is 15.6. The van der Waals surface area contributed by atoms with Gasteiger partial charge in [-0.1, -0.05) is 44.4 Å². The molecule has 2 aromatic carbocycles. The molecule has 7 heteroatoms. The quantitative estimate of drug-likeness (QED) is 0.148. The summed E-state index contributed by atoms with van der Waals surface area (Å²) >= 11 is 0. The van der Waals surface area contributed by atoms with Crippen LogP contribution in [0.5, 0.6) is 17.2 Å². The van der Waals surface area contributed by atoms with Gasteiger partial charge in [0.25, 0.3) is 0 Å². The average molecular weight is 631 g/mol. The van der Waals surface area contributed by atoms with Gasteiger partial charge in [-0.05, 0) is 107 Å². The summed E-state index contributed by atoms with van der Waals surface area (Å²) in [5.41, 5.74) is 2.40. The maximum atomic E-state index is 9.73. The van der Waals surface area contributed by atoms with Gasteiger partial charge in [-0.3, -0.25) is 0 Å². The highest BCUT2D eigenvalue weighted by Crippen LogP contribution is 2.25. The molecule has 3 N–H and O–H groups in total. The molecule has 0 spiro atoms. The van der Waals surface area contributed by atoms with E-state index in [9.17, 15) is 15.3 Å². The Hall–Kier alpha value is -1.28. The third-order valence-corrected chi connectivity index (χ3v) is 7.16. The Morgan fingerprint density at radius 2 is 1.50 bits per heavy atom. The fraction of sp³-hybridized carbons (Fsp3) is 0.586. The zero-order chi connectivity index (χ0) is 24.2. The van der Waals surface area contributed by atoms with Gasteiger partial charge >= 0.3 is 0 Å². The Morgan fingerprint density at radius 3 is 2.22 bits per heavy atom. The average Bonchev–Trinajstić information content (AvgIpc) is 3.27. The van der Waals surface area contributed by atoms with Crippen LogP contribution in [0.25, 0.3) is 0 Å². The second-order valence-corrected chi connectivity index (χ2v) is 9.89. The monoisotopic (exact) mass is 628 g/mol. The van der Waals surface area contributed by atoms with Gasteiger partial charge in [-0.25, -0.2) is 0 Å². The predicted octanol–water partition coefficient (Wildman–Crippen LogP) is 6.87. The minimum Gasteiger partial charge on any atom is -0.508 e. The molecule has 1 saturated heterocycles. The third-order valence-electron chi connectivity index (χ3n) is 7.16. The van der Waals surface area contributed by atoms with E-state index in [1.807, 2.05) is 6.07 Å². The Morgan fingerprint density at radius 1 is 0.806 bits per heavy atom. The van der Waals surface area contributed by atoms with E-state index in [0.29, 0.717) is 11.8 Å². The molecule has 1 aliphatic rings. The van der Waals surface area contributed by atoms with E-state index in [-0.39, 0.29) is 45.5 Å². The molecule has 204 valence electrons. The highest BCUT2D eigenvalue weighted by molar-refractivity contribution is 8.93. The standard InChI is InChI=1S/C29H44N2O3.2BrH/c1-2-3-17-30(21-16-25-12-15-28(33)29(34)23-25)18-6-4-5-7-19-31-20-8-9-26(31)22-24-10-13-27(32)14-11-24;;/h10-15,23,26,32-34H,2-9,16-22H2,1H3;2*1H. The van der Waals surface area contributed by atoms with Crippen LogP contribution < -0.4 is 0 Å². The van der Waals surface area contributed by atoms with E-state index in [1.165, 1.54) is 70.0 Å². The van der Waals surface area contributed by atoms with Crippen molar-refractivity contribution in [3.05, 3.63) is 53.6 Å².